The number of aryl methyl sites for hydroxylation is 1. The van der Waals surface area contributed by atoms with E-state index in [0.29, 0.717) is 18.4 Å². The predicted octanol–water partition coefficient (Wildman–Crippen LogP) is 9.89. The van der Waals surface area contributed by atoms with Crippen LogP contribution in [0.15, 0.2) is 163 Å². The molecule has 3 aliphatic rings. The Morgan fingerprint density at radius 3 is 1.88 bits per heavy atom. The number of nitrogens with two attached hydrogens (primary N) is 1. The molecule has 1 heterocycles. The number of allylic oxidation sites excluding steroid dienone is 4. The molecule has 7 rings (SSSR count). The van der Waals surface area contributed by atoms with Crippen molar-refractivity contribution in [3.63, 3.8) is 0 Å². The van der Waals surface area contributed by atoms with Gasteiger partial charge in [0.2, 0.25) is 0 Å². The molecule has 4 aromatic carbocycles. The summed E-state index contributed by atoms with van der Waals surface area (Å²) < 4.78 is 5.94. The van der Waals surface area contributed by atoms with Gasteiger partial charge in [0.15, 0.2) is 0 Å². The van der Waals surface area contributed by atoms with E-state index in [9.17, 15) is 4.79 Å². The minimum absolute atomic E-state index is 0.0628. The van der Waals surface area contributed by atoms with Crippen LogP contribution in [0.4, 0.5) is 0 Å². The predicted molar refractivity (Wildman–Crippen MR) is 205 cm³/mol. The molecule has 1 aliphatic heterocycles. The molecular formula is C46H46N2O2. The van der Waals surface area contributed by atoms with Crippen LogP contribution in [0.5, 0.6) is 0 Å². The summed E-state index contributed by atoms with van der Waals surface area (Å²) in [6.07, 6.45) is 15.4. The highest BCUT2D eigenvalue weighted by molar-refractivity contribution is 5.92. The van der Waals surface area contributed by atoms with Crippen LogP contribution in [0, 0.1) is 6.92 Å². The van der Waals surface area contributed by atoms with Gasteiger partial charge in [-0.25, -0.2) is 4.79 Å². The van der Waals surface area contributed by atoms with Gasteiger partial charge in [-0.1, -0.05) is 157 Å². The van der Waals surface area contributed by atoms with Gasteiger partial charge in [-0.2, -0.15) is 0 Å². The third-order valence-corrected chi connectivity index (χ3v) is 10.6. The molecule has 4 nitrogen and oxygen atoms in total. The lowest BCUT2D eigenvalue weighted by atomic mass is 9.69. The Balaban J connectivity index is 1.40. The number of carbonyl (C=O) groups is 1. The highest BCUT2D eigenvalue weighted by Crippen LogP contribution is 2.54. The van der Waals surface area contributed by atoms with Gasteiger partial charge in [-0.15, -0.1) is 0 Å². The highest BCUT2D eigenvalue weighted by atomic mass is 16.5. The van der Waals surface area contributed by atoms with Gasteiger partial charge < -0.3 is 10.5 Å². The number of rotatable bonds is 8. The van der Waals surface area contributed by atoms with Crippen molar-refractivity contribution in [3.05, 3.63) is 191 Å². The molecule has 0 aromatic heterocycles. The third-order valence-electron chi connectivity index (χ3n) is 10.6. The van der Waals surface area contributed by atoms with Gasteiger partial charge in [0.05, 0.1) is 23.8 Å². The number of hydrogen-bond acceptors (Lipinski definition) is 4. The molecule has 4 unspecified atom stereocenters. The van der Waals surface area contributed by atoms with Crippen molar-refractivity contribution in [1.82, 2.24) is 4.90 Å². The second kappa shape index (κ2) is 14.1. The maximum absolute atomic E-state index is 14.5. The molecule has 0 fully saturated rings. The Labute approximate surface area is 297 Å². The highest BCUT2D eigenvalue weighted by Gasteiger charge is 2.50. The molecule has 2 aliphatic carbocycles. The van der Waals surface area contributed by atoms with E-state index in [2.05, 4.69) is 164 Å². The van der Waals surface area contributed by atoms with Crippen molar-refractivity contribution in [1.29, 1.82) is 0 Å². The van der Waals surface area contributed by atoms with E-state index in [-0.39, 0.29) is 18.6 Å². The number of carbonyl (C=O) groups excluding carboxylic acids is 1. The zero-order valence-electron chi connectivity index (χ0n) is 29.3. The summed E-state index contributed by atoms with van der Waals surface area (Å²) in [6, 6.07) is 39.8. The lowest BCUT2D eigenvalue weighted by Crippen LogP contribution is -2.55. The Kier molecular flexibility index (Phi) is 9.42. The average Bonchev–Trinajstić information content (AvgIpc) is 3.16. The summed E-state index contributed by atoms with van der Waals surface area (Å²) in [5.74, 6) is -0.302. The molecule has 0 saturated carbocycles. The summed E-state index contributed by atoms with van der Waals surface area (Å²) in [7, 11) is 0. The van der Waals surface area contributed by atoms with E-state index >= 15 is 0 Å². The molecule has 252 valence electrons. The Bertz CT molecular complexity index is 1990. The van der Waals surface area contributed by atoms with Crippen LogP contribution in [0.3, 0.4) is 0 Å². The normalized spacial score (nSPS) is 25.2. The molecule has 0 saturated heterocycles. The Morgan fingerprint density at radius 1 is 0.760 bits per heavy atom. The number of esters is 1. The van der Waals surface area contributed by atoms with Crippen LogP contribution in [-0.2, 0) is 9.53 Å². The van der Waals surface area contributed by atoms with Gasteiger partial charge in [0.1, 0.15) is 0 Å². The van der Waals surface area contributed by atoms with Crippen LogP contribution in [0.25, 0.3) is 11.1 Å². The fourth-order valence-electron chi connectivity index (χ4n) is 7.93. The van der Waals surface area contributed by atoms with Crippen molar-refractivity contribution in [3.8, 4) is 0 Å². The second-order valence-electron chi connectivity index (χ2n) is 14.0. The van der Waals surface area contributed by atoms with Gasteiger partial charge in [-0.3, -0.25) is 4.90 Å². The second-order valence-corrected chi connectivity index (χ2v) is 14.0. The van der Waals surface area contributed by atoms with Crippen LogP contribution >= 0.6 is 0 Å². The standard InChI is InChI=1S/C46H46N2O2/c1-4-50-44(49)42-40(46(47)30-26-37(27-31-46)35-22-20-33(2)21-23-35)32-41(38-16-10-6-11-17-38)48(43(42)39-18-12-7-13-19-39)45(3)28-24-36(25-29-45)34-14-8-5-9-15-34/h5-28,30,41,43H,4,29,31-32,47H2,1-3H3. The maximum Gasteiger partial charge on any atom is 0.336 e. The lowest BCUT2D eigenvalue weighted by Gasteiger charge is -2.54. The molecule has 2 N–H and O–H groups in total. The quantitative estimate of drug-likeness (QED) is 0.192. The maximum atomic E-state index is 14.5. The van der Waals surface area contributed by atoms with Gasteiger partial charge in [0, 0.05) is 11.6 Å². The zero-order valence-corrected chi connectivity index (χ0v) is 29.3. The van der Waals surface area contributed by atoms with E-state index < -0.39 is 17.1 Å². The van der Waals surface area contributed by atoms with E-state index in [1.54, 1.807) is 0 Å². The van der Waals surface area contributed by atoms with Gasteiger partial charge >= 0.3 is 5.97 Å². The van der Waals surface area contributed by atoms with Crippen LogP contribution in [0.1, 0.15) is 73.0 Å². The third kappa shape index (κ3) is 6.49. The molecule has 0 radical (unpaired) electrons. The SMILES string of the molecule is CCOC(=O)C1=C(C2(N)C=CC(c3ccc(C)cc3)=CC2)CC(c2ccccc2)N(C2(C)C=CC(c3ccccc3)=CC2)C1c1ccccc1. The van der Waals surface area contributed by atoms with Crippen molar-refractivity contribution >= 4 is 17.1 Å². The lowest BCUT2D eigenvalue weighted by molar-refractivity contribution is -0.140. The monoisotopic (exact) mass is 658 g/mol. The van der Waals surface area contributed by atoms with E-state index in [4.69, 9.17) is 10.5 Å². The van der Waals surface area contributed by atoms with Crippen molar-refractivity contribution in [2.45, 2.75) is 63.2 Å². The first kappa shape index (κ1) is 33.5. The van der Waals surface area contributed by atoms with E-state index in [1.165, 1.54) is 22.3 Å². The van der Waals surface area contributed by atoms with E-state index in [0.717, 1.165) is 28.7 Å². The molecule has 0 bridgehead atoms. The van der Waals surface area contributed by atoms with Crippen LogP contribution < -0.4 is 5.73 Å². The smallest absolute Gasteiger partial charge is 0.336 e. The molecule has 0 amide bonds. The van der Waals surface area contributed by atoms with Gasteiger partial charge in [0.25, 0.3) is 0 Å². The fraction of sp³-hybridized carbons (Fsp3) is 0.239. The molecule has 4 atom stereocenters. The van der Waals surface area contributed by atoms with E-state index in [1.807, 2.05) is 13.0 Å². The number of benzene rings is 4. The summed E-state index contributed by atoms with van der Waals surface area (Å²) in [4.78, 5) is 17.0. The first-order valence-electron chi connectivity index (χ1n) is 17.8. The summed E-state index contributed by atoms with van der Waals surface area (Å²) in [6.45, 7) is 6.56. The Morgan fingerprint density at radius 2 is 1.32 bits per heavy atom. The fourth-order valence-corrected chi connectivity index (χ4v) is 7.93. The largest absolute Gasteiger partial charge is 0.463 e. The molecule has 4 aromatic rings. The zero-order chi connectivity index (χ0) is 34.7. The first-order valence-corrected chi connectivity index (χ1v) is 17.8. The van der Waals surface area contributed by atoms with Gasteiger partial charge in [-0.05, 0) is 79.0 Å². The van der Waals surface area contributed by atoms with Crippen molar-refractivity contribution in [2.75, 3.05) is 6.61 Å². The molecular weight excluding hydrogens is 613 g/mol. The van der Waals surface area contributed by atoms with Crippen LogP contribution in [0.2, 0.25) is 0 Å². The minimum atomic E-state index is -0.869. The minimum Gasteiger partial charge on any atom is -0.463 e. The first-order chi connectivity index (χ1) is 24.3. The molecule has 4 heteroatoms. The summed E-state index contributed by atoms with van der Waals surface area (Å²) in [5, 5.41) is 0. The number of hydrogen-bond donors (Lipinski definition) is 1. The Hall–Kier alpha value is -5.03. The topological polar surface area (TPSA) is 55.6 Å². The summed E-state index contributed by atoms with van der Waals surface area (Å²) in [5.41, 5.74) is 16.0. The van der Waals surface area contributed by atoms with Crippen molar-refractivity contribution in [2.24, 2.45) is 5.73 Å². The molecule has 50 heavy (non-hydrogen) atoms. The number of ether oxygens (including phenoxy) is 1. The van der Waals surface area contributed by atoms with Crippen molar-refractivity contribution < 1.29 is 9.53 Å². The molecule has 0 spiro atoms. The number of nitrogens with zero attached hydrogens (tertiary/aromatic N) is 1. The summed E-state index contributed by atoms with van der Waals surface area (Å²) >= 11 is 0. The van der Waals surface area contributed by atoms with Crippen LogP contribution in [-0.4, -0.2) is 28.6 Å². The average molecular weight is 659 g/mol.